The second-order valence-electron chi connectivity index (χ2n) is 5.01. The van der Waals surface area contributed by atoms with Gasteiger partial charge in [0.1, 0.15) is 5.75 Å². The standard InChI is InChI=1S/C14H20O2/c1-11-7-8-14(9-11,10-15)12-3-5-13(16-2)6-4-12/h3-6,11,15H,7-10H2,1-2H3/t11-,14+/m1/s1. The second-order valence-corrected chi connectivity index (χ2v) is 5.01. The monoisotopic (exact) mass is 220 g/mol. The lowest BCUT2D eigenvalue weighted by Gasteiger charge is -2.27. The van der Waals surface area contributed by atoms with Crippen LogP contribution < -0.4 is 4.74 Å². The van der Waals surface area contributed by atoms with Crippen molar-refractivity contribution in [1.29, 1.82) is 0 Å². The molecule has 2 nitrogen and oxygen atoms in total. The van der Waals surface area contributed by atoms with Gasteiger partial charge < -0.3 is 9.84 Å². The molecule has 0 aliphatic heterocycles. The molecule has 2 heteroatoms. The fraction of sp³-hybridized carbons (Fsp3) is 0.571. The number of aliphatic hydroxyl groups excluding tert-OH is 1. The molecule has 2 atom stereocenters. The summed E-state index contributed by atoms with van der Waals surface area (Å²) in [5, 5.41) is 9.68. The minimum absolute atomic E-state index is 0.00825. The van der Waals surface area contributed by atoms with Crippen molar-refractivity contribution in [3.8, 4) is 5.75 Å². The lowest BCUT2D eigenvalue weighted by Crippen LogP contribution is -2.27. The normalized spacial score (nSPS) is 29.3. The smallest absolute Gasteiger partial charge is 0.118 e. The largest absolute Gasteiger partial charge is 0.497 e. The van der Waals surface area contributed by atoms with Crippen molar-refractivity contribution >= 4 is 0 Å². The Morgan fingerprint density at radius 2 is 2.06 bits per heavy atom. The third kappa shape index (κ3) is 1.94. The number of benzene rings is 1. The Kier molecular flexibility index (Phi) is 3.20. The van der Waals surface area contributed by atoms with Crippen molar-refractivity contribution < 1.29 is 9.84 Å². The average molecular weight is 220 g/mol. The molecule has 0 aromatic heterocycles. The van der Waals surface area contributed by atoms with Gasteiger partial charge in [0.05, 0.1) is 13.7 Å². The Balaban J connectivity index is 2.26. The van der Waals surface area contributed by atoms with Crippen molar-refractivity contribution in [3.63, 3.8) is 0 Å². The SMILES string of the molecule is COc1ccc([C@@]2(CO)CC[C@@H](C)C2)cc1. The van der Waals surface area contributed by atoms with Crippen LogP contribution in [0.15, 0.2) is 24.3 Å². The van der Waals surface area contributed by atoms with Gasteiger partial charge in [-0.15, -0.1) is 0 Å². The number of ether oxygens (including phenoxy) is 1. The molecule has 1 aliphatic rings. The fourth-order valence-electron chi connectivity index (χ4n) is 2.84. The summed E-state index contributed by atoms with van der Waals surface area (Å²) in [5.41, 5.74) is 1.24. The van der Waals surface area contributed by atoms with E-state index < -0.39 is 0 Å². The zero-order chi connectivity index (χ0) is 11.6. The maximum atomic E-state index is 9.68. The van der Waals surface area contributed by atoms with Crippen LogP contribution in [0.3, 0.4) is 0 Å². The van der Waals surface area contributed by atoms with Crippen LogP contribution in [0.5, 0.6) is 5.75 Å². The molecule has 0 heterocycles. The summed E-state index contributed by atoms with van der Waals surface area (Å²) in [5.74, 6) is 1.59. The molecule has 0 radical (unpaired) electrons. The summed E-state index contributed by atoms with van der Waals surface area (Å²) in [6.07, 6.45) is 3.40. The Morgan fingerprint density at radius 3 is 2.50 bits per heavy atom. The summed E-state index contributed by atoms with van der Waals surface area (Å²) in [7, 11) is 1.68. The maximum Gasteiger partial charge on any atom is 0.118 e. The highest BCUT2D eigenvalue weighted by molar-refractivity contribution is 5.33. The molecule has 0 amide bonds. The first-order valence-electron chi connectivity index (χ1n) is 5.95. The van der Waals surface area contributed by atoms with Gasteiger partial charge in [-0.1, -0.05) is 19.1 Å². The number of hydrogen-bond donors (Lipinski definition) is 1. The quantitative estimate of drug-likeness (QED) is 0.848. The molecule has 1 N–H and O–H groups in total. The van der Waals surface area contributed by atoms with Gasteiger partial charge in [-0.2, -0.15) is 0 Å². The zero-order valence-electron chi connectivity index (χ0n) is 10.1. The summed E-state index contributed by atoms with van der Waals surface area (Å²) in [6.45, 7) is 2.52. The molecule has 0 spiro atoms. The van der Waals surface area contributed by atoms with E-state index in [1.165, 1.54) is 12.0 Å². The van der Waals surface area contributed by atoms with E-state index >= 15 is 0 Å². The molecule has 0 bridgehead atoms. The van der Waals surface area contributed by atoms with Crippen molar-refractivity contribution in [2.45, 2.75) is 31.6 Å². The average Bonchev–Trinajstić information content (AvgIpc) is 2.72. The van der Waals surface area contributed by atoms with Crippen LogP contribution in [0.25, 0.3) is 0 Å². The Morgan fingerprint density at radius 1 is 1.38 bits per heavy atom. The van der Waals surface area contributed by atoms with E-state index in [0.717, 1.165) is 18.6 Å². The third-order valence-electron chi connectivity index (χ3n) is 3.86. The predicted octanol–water partition coefficient (Wildman–Crippen LogP) is 2.75. The van der Waals surface area contributed by atoms with Gasteiger partial charge in [0.15, 0.2) is 0 Å². The summed E-state index contributed by atoms with van der Waals surface area (Å²) >= 11 is 0. The molecule has 16 heavy (non-hydrogen) atoms. The number of methoxy groups -OCH3 is 1. The third-order valence-corrected chi connectivity index (χ3v) is 3.86. The topological polar surface area (TPSA) is 29.5 Å². The highest BCUT2D eigenvalue weighted by atomic mass is 16.5. The highest BCUT2D eigenvalue weighted by Gasteiger charge is 2.38. The first kappa shape index (κ1) is 11.5. The Hall–Kier alpha value is -1.02. The molecule has 88 valence electrons. The van der Waals surface area contributed by atoms with Gasteiger partial charge in [-0.05, 0) is 42.9 Å². The molecule has 1 aromatic rings. The molecule has 2 rings (SSSR count). The van der Waals surface area contributed by atoms with E-state index in [4.69, 9.17) is 4.74 Å². The van der Waals surface area contributed by atoms with Crippen LogP contribution in [0.2, 0.25) is 0 Å². The highest BCUT2D eigenvalue weighted by Crippen LogP contribution is 2.43. The molecule has 1 aromatic carbocycles. The van der Waals surface area contributed by atoms with E-state index in [9.17, 15) is 5.11 Å². The molecular formula is C14H20O2. The lowest BCUT2D eigenvalue weighted by molar-refractivity contribution is 0.192. The van der Waals surface area contributed by atoms with Crippen molar-refractivity contribution in [2.24, 2.45) is 5.92 Å². The summed E-state index contributed by atoms with van der Waals surface area (Å²) in [4.78, 5) is 0. The summed E-state index contributed by atoms with van der Waals surface area (Å²) in [6, 6.07) is 8.14. The molecule has 0 saturated heterocycles. The van der Waals surface area contributed by atoms with E-state index in [-0.39, 0.29) is 12.0 Å². The van der Waals surface area contributed by atoms with Crippen molar-refractivity contribution in [2.75, 3.05) is 13.7 Å². The molecule has 1 fully saturated rings. The number of rotatable bonds is 3. The first-order valence-corrected chi connectivity index (χ1v) is 5.95. The van der Waals surface area contributed by atoms with Crippen LogP contribution in [-0.4, -0.2) is 18.8 Å². The van der Waals surface area contributed by atoms with E-state index in [1.807, 2.05) is 12.1 Å². The fourth-order valence-corrected chi connectivity index (χ4v) is 2.84. The lowest BCUT2D eigenvalue weighted by atomic mass is 9.79. The zero-order valence-corrected chi connectivity index (χ0v) is 10.1. The second kappa shape index (κ2) is 4.46. The minimum atomic E-state index is -0.00825. The van der Waals surface area contributed by atoms with Crippen LogP contribution in [0.4, 0.5) is 0 Å². The van der Waals surface area contributed by atoms with Gasteiger partial charge in [-0.3, -0.25) is 0 Å². The van der Waals surface area contributed by atoms with E-state index in [0.29, 0.717) is 5.92 Å². The Labute approximate surface area is 97.3 Å². The maximum absolute atomic E-state index is 9.68. The first-order chi connectivity index (χ1) is 7.70. The van der Waals surface area contributed by atoms with Crippen molar-refractivity contribution in [3.05, 3.63) is 29.8 Å². The number of aliphatic hydroxyl groups is 1. The number of hydrogen-bond acceptors (Lipinski definition) is 2. The molecule has 1 aliphatic carbocycles. The van der Waals surface area contributed by atoms with Gasteiger partial charge in [0.2, 0.25) is 0 Å². The minimum Gasteiger partial charge on any atom is -0.497 e. The van der Waals surface area contributed by atoms with Crippen LogP contribution in [0, 0.1) is 5.92 Å². The van der Waals surface area contributed by atoms with Crippen LogP contribution >= 0.6 is 0 Å². The molecule has 1 saturated carbocycles. The Bertz CT molecular complexity index is 344. The van der Waals surface area contributed by atoms with Gasteiger partial charge >= 0.3 is 0 Å². The van der Waals surface area contributed by atoms with E-state index in [1.54, 1.807) is 7.11 Å². The van der Waals surface area contributed by atoms with Gasteiger partial charge in [0.25, 0.3) is 0 Å². The predicted molar refractivity (Wildman–Crippen MR) is 64.8 cm³/mol. The van der Waals surface area contributed by atoms with Crippen LogP contribution in [0.1, 0.15) is 31.7 Å². The van der Waals surface area contributed by atoms with Gasteiger partial charge in [-0.25, -0.2) is 0 Å². The van der Waals surface area contributed by atoms with Crippen molar-refractivity contribution in [1.82, 2.24) is 0 Å². The van der Waals surface area contributed by atoms with Gasteiger partial charge in [0, 0.05) is 5.41 Å². The molecule has 0 unspecified atom stereocenters. The molecular weight excluding hydrogens is 200 g/mol. The summed E-state index contributed by atoms with van der Waals surface area (Å²) < 4.78 is 5.16. The van der Waals surface area contributed by atoms with Crippen LogP contribution in [-0.2, 0) is 5.41 Å². The van der Waals surface area contributed by atoms with E-state index in [2.05, 4.69) is 19.1 Å².